The SMILES string of the molecule is [CH3-].[NH2-].[NH2-].[Ni][I]. The van der Waals surface area contributed by atoms with Crippen LogP contribution in [0.4, 0.5) is 0 Å². The van der Waals surface area contributed by atoms with Crippen molar-refractivity contribution in [3.05, 3.63) is 19.7 Å². The summed E-state index contributed by atoms with van der Waals surface area (Å²) < 4.78 is 0. The summed E-state index contributed by atoms with van der Waals surface area (Å²) >= 11 is 5.62. The Hall–Kier alpha value is 1.14. The normalized spacial score (nSPS) is 1.40. The molecule has 4 N–H and O–H groups in total. The molecule has 0 fully saturated rings. The Balaban J connectivity index is -0.00000000167. The number of rotatable bonds is 0. The molecule has 0 aromatic heterocycles. The molecule has 2 nitrogen and oxygen atoms in total. The van der Waals surface area contributed by atoms with Gasteiger partial charge in [-0.05, 0) is 0 Å². The van der Waals surface area contributed by atoms with Crippen LogP contribution in [0.5, 0.6) is 0 Å². The van der Waals surface area contributed by atoms with Gasteiger partial charge >= 0.3 is 32.8 Å². The molecule has 0 saturated carbocycles. The first kappa shape index (κ1) is 35.4. The molecular weight excluding hydrogens is 226 g/mol. The molecule has 0 atom stereocenters. The van der Waals surface area contributed by atoms with Crippen LogP contribution in [0.15, 0.2) is 0 Å². The topological polar surface area (TPSA) is 67.0 Å². The van der Waals surface area contributed by atoms with E-state index in [1.165, 1.54) is 0 Å². The molecule has 0 aliphatic heterocycles. The average Bonchev–Trinajstić information content (AvgIpc) is 1.00. The Morgan fingerprint density at radius 2 is 1.00 bits per heavy atom. The Labute approximate surface area is 52.5 Å². The summed E-state index contributed by atoms with van der Waals surface area (Å²) in [6, 6.07) is 0. The summed E-state index contributed by atoms with van der Waals surface area (Å²) in [5.74, 6) is 0. The molecule has 0 saturated heterocycles. The monoisotopic (exact) mass is 232 g/mol. The van der Waals surface area contributed by atoms with Crippen molar-refractivity contribution in [1.29, 1.82) is 0 Å². The van der Waals surface area contributed by atoms with Crippen molar-refractivity contribution in [2.75, 3.05) is 0 Å². The molecule has 0 unspecified atom stereocenters. The van der Waals surface area contributed by atoms with Gasteiger partial charge in [0.1, 0.15) is 0 Å². The fourth-order valence-corrected chi connectivity index (χ4v) is 0. The molecule has 4 heteroatoms. The first-order chi connectivity index (χ1) is 1.00. The second kappa shape index (κ2) is 67.5. The van der Waals surface area contributed by atoms with E-state index < -0.39 is 0 Å². The Bertz CT molecular complexity index is 9.61. The zero-order chi connectivity index (χ0) is 2.00. The molecule has 0 aromatic carbocycles. The predicted octanol–water partition coefficient (Wildman–Crippen LogP) is 2.77. The van der Waals surface area contributed by atoms with Crippen LogP contribution in [0.2, 0.25) is 0 Å². The molecule has 0 spiro atoms. The molecule has 0 rings (SSSR count). The third-order valence-corrected chi connectivity index (χ3v) is 0. The van der Waals surface area contributed by atoms with E-state index in [1.54, 1.807) is 20.5 Å². The van der Waals surface area contributed by atoms with Crippen LogP contribution in [0.25, 0.3) is 12.3 Å². The molecule has 0 aromatic rings. The number of hydrogen-bond donors (Lipinski definition) is 0. The van der Waals surface area contributed by atoms with E-state index in [2.05, 4.69) is 12.3 Å². The Morgan fingerprint density at radius 1 is 1.00 bits per heavy atom. The second-order valence-electron chi connectivity index (χ2n) is 0. The predicted molar refractivity (Wildman–Crippen MR) is 31.0 cm³/mol. The summed E-state index contributed by atoms with van der Waals surface area (Å²) in [6.45, 7) is 0. The van der Waals surface area contributed by atoms with E-state index in [9.17, 15) is 0 Å². The summed E-state index contributed by atoms with van der Waals surface area (Å²) in [6.07, 6.45) is 0. The van der Waals surface area contributed by atoms with Gasteiger partial charge in [0.15, 0.2) is 0 Å². The maximum absolute atomic E-state index is 3.84. The minimum atomic E-state index is 0. The number of nitrogens with two attached hydrogens (primary N) is 2. The van der Waals surface area contributed by atoms with Gasteiger partial charge in [-0.15, -0.1) is 0 Å². The zero-order valence-electron chi connectivity index (χ0n) is 2.85. The average molecular weight is 233 g/mol. The molecular formula is CH7IN2Ni-3. The maximum atomic E-state index is 3.84. The van der Waals surface area contributed by atoms with Crippen LogP contribution in [0.1, 0.15) is 0 Å². The van der Waals surface area contributed by atoms with Crippen LogP contribution >= 0.6 is 20.5 Å². The van der Waals surface area contributed by atoms with Gasteiger partial charge in [-0.2, -0.15) is 0 Å². The van der Waals surface area contributed by atoms with E-state index in [0.29, 0.717) is 0 Å². The van der Waals surface area contributed by atoms with E-state index in [4.69, 9.17) is 0 Å². The van der Waals surface area contributed by atoms with Crippen molar-refractivity contribution >= 4 is 20.5 Å². The van der Waals surface area contributed by atoms with Gasteiger partial charge in [-0.25, -0.2) is 0 Å². The van der Waals surface area contributed by atoms with Crippen LogP contribution in [0, 0.1) is 7.43 Å². The molecule has 41 valence electrons. The number of hydrogen-bond acceptors (Lipinski definition) is 0. The van der Waals surface area contributed by atoms with Crippen molar-refractivity contribution in [1.82, 2.24) is 0 Å². The van der Waals surface area contributed by atoms with Gasteiger partial charge in [0, 0.05) is 0 Å². The summed E-state index contributed by atoms with van der Waals surface area (Å²) in [5, 5.41) is 0. The van der Waals surface area contributed by atoms with Gasteiger partial charge in [0.25, 0.3) is 0 Å². The molecule has 0 aliphatic carbocycles. The molecule has 0 bridgehead atoms. The van der Waals surface area contributed by atoms with Gasteiger partial charge in [-0.3, -0.25) is 0 Å². The molecule has 0 aliphatic rings. The fraction of sp³-hybridized carbons (Fsp3) is 0. The van der Waals surface area contributed by atoms with Crippen molar-refractivity contribution in [3.8, 4) is 0 Å². The third-order valence-electron chi connectivity index (χ3n) is 0. The summed E-state index contributed by atoms with van der Waals surface area (Å²) in [5.41, 5.74) is 0. The van der Waals surface area contributed by atoms with Gasteiger partial charge in [-0.1, -0.05) is 0 Å². The van der Waals surface area contributed by atoms with Crippen molar-refractivity contribution < 1.29 is 12.3 Å². The Morgan fingerprint density at radius 3 is 1.00 bits per heavy atom. The van der Waals surface area contributed by atoms with E-state index in [0.717, 1.165) is 0 Å². The standard InChI is InChI=1S/CH3.HI.2H2N.Ni/h1H3;1H;2*1H2;/q-1;;2*-1;+1/p-1. The van der Waals surface area contributed by atoms with Gasteiger partial charge < -0.3 is 19.7 Å². The van der Waals surface area contributed by atoms with Crippen LogP contribution < -0.4 is 0 Å². The van der Waals surface area contributed by atoms with Crippen LogP contribution in [-0.4, -0.2) is 0 Å². The third kappa shape index (κ3) is 38.9. The Kier molecular flexibility index (Phi) is 478. The first-order valence-corrected chi connectivity index (χ1v) is 3.31. The van der Waals surface area contributed by atoms with Crippen LogP contribution in [-0.2, 0) is 12.3 Å². The first-order valence-electron chi connectivity index (χ1n) is 0.120. The number of halogens is 1. The fourth-order valence-electron chi connectivity index (χ4n) is 0. The van der Waals surface area contributed by atoms with E-state index in [-0.39, 0.29) is 19.7 Å². The summed E-state index contributed by atoms with van der Waals surface area (Å²) in [4.78, 5) is 0. The van der Waals surface area contributed by atoms with Crippen molar-refractivity contribution in [3.63, 3.8) is 0 Å². The van der Waals surface area contributed by atoms with Gasteiger partial charge in [0.2, 0.25) is 0 Å². The van der Waals surface area contributed by atoms with Crippen LogP contribution in [0.3, 0.4) is 0 Å². The second-order valence-corrected chi connectivity index (χ2v) is 0. The zero-order valence-corrected chi connectivity index (χ0v) is 5.99. The van der Waals surface area contributed by atoms with Crippen molar-refractivity contribution in [2.24, 2.45) is 0 Å². The minimum absolute atomic E-state index is 0. The van der Waals surface area contributed by atoms with Gasteiger partial charge in [0.05, 0.1) is 0 Å². The summed E-state index contributed by atoms with van der Waals surface area (Å²) in [7, 11) is 0. The quantitative estimate of drug-likeness (QED) is 0.350. The van der Waals surface area contributed by atoms with E-state index in [1.807, 2.05) is 0 Å². The molecule has 0 radical (unpaired) electrons. The molecule has 0 heterocycles. The molecule has 0 amide bonds. The molecule has 5 heavy (non-hydrogen) atoms. The van der Waals surface area contributed by atoms with E-state index >= 15 is 0 Å². The van der Waals surface area contributed by atoms with Crippen molar-refractivity contribution in [2.45, 2.75) is 0 Å².